The molecule has 0 fully saturated rings. The SMILES string of the molecule is CCN(CC)CCNC(C(=O)OC)c1cc(Br)ccc1Cl. The molecule has 1 atom stereocenters. The lowest BCUT2D eigenvalue weighted by atomic mass is 10.1. The molecule has 0 saturated carbocycles. The molecule has 0 spiro atoms. The molecule has 118 valence electrons. The van der Waals surface area contributed by atoms with Crippen molar-refractivity contribution in [2.75, 3.05) is 33.3 Å². The van der Waals surface area contributed by atoms with Crippen molar-refractivity contribution in [1.29, 1.82) is 0 Å². The van der Waals surface area contributed by atoms with Crippen molar-refractivity contribution < 1.29 is 9.53 Å². The molecule has 1 unspecified atom stereocenters. The molecule has 1 aromatic rings. The smallest absolute Gasteiger partial charge is 0.327 e. The van der Waals surface area contributed by atoms with E-state index in [1.54, 1.807) is 6.07 Å². The van der Waals surface area contributed by atoms with Gasteiger partial charge in [-0.3, -0.25) is 5.32 Å². The van der Waals surface area contributed by atoms with E-state index in [1.165, 1.54) is 7.11 Å². The molecule has 0 aliphatic carbocycles. The van der Waals surface area contributed by atoms with E-state index < -0.39 is 6.04 Å². The predicted molar refractivity (Wildman–Crippen MR) is 89.7 cm³/mol. The number of esters is 1. The van der Waals surface area contributed by atoms with Gasteiger partial charge >= 0.3 is 5.97 Å². The third-order valence-corrected chi connectivity index (χ3v) is 4.21. The molecule has 6 heteroatoms. The highest BCUT2D eigenvalue weighted by Crippen LogP contribution is 2.27. The summed E-state index contributed by atoms with van der Waals surface area (Å²) in [6.07, 6.45) is 0. The van der Waals surface area contributed by atoms with Crippen LogP contribution in [0.1, 0.15) is 25.5 Å². The van der Waals surface area contributed by atoms with E-state index in [2.05, 4.69) is 40.0 Å². The van der Waals surface area contributed by atoms with Gasteiger partial charge in [0, 0.05) is 22.6 Å². The molecule has 4 nitrogen and oxygen atoms in total. The Labute approximate surface area is 139 Å². The van der Waals surface area contributed by atoms with Crippen LogP contribution in [-0.2, 0) is 9.53 Å². The number of carbonyl (C=O) groups is 1. The van der Waals surface area contributed by atoms with Crippen molar-refractivity contribution in [3.63, 3.8) is 0 Å². The van der Waals surface area contributed by atoms with Gasteiger partial charge in [0.25, 0.3) is 0 Å². The normalized spacial score (nSPS) is 12.5. The second-order valence-electron chi connectivity index (χ2n) is 4.60. The van der Waals surface area contributed by atoms with E-state index in [4.69, 9.17) is 16.3 Å². The molecule has 1 N–H and O–H groups in total. The Bertz CT molecular complexity index is 467. The van der Waals surface area contributed by atoms with Crippen molar-refractivity contribution in [2.24, 2.45) is 0 Å². The maximum atomic E-state index is 12.0. The second-order valence-corrected chi connectivity index (χ2v) is 5.93. The van der Waals surface area contributed by atoms with Gasteiger partial charge < -0.3 is 9.64 Å². The standard InChI is InChI=1S/C15H22BrClN2O2/c1-4-19(5-2)9-8-18-14(15(20)21-3)12-10-11(16)6-7-13(12)17/h6-7,10,14,18H,4-5,8-9H2,1-3H3. The van der Waals surface area contributed by atoms with Crippen LogP contribution < -0.4 is 5.32 Å². The monoisotopic (exact) mass is 376 g/mol. The first-order valence-corrected chi connectivity index (χ1v) is 8.19. The molecule has 0 aliphatic rings. The number of ether oxygens (including phenoxy) is 1. The van der Waals surface area contributed by atoms with Crippen LogP contribution in [0.25, 0.3) is 0 Å². The number of likely N-dealkylation sites (N-methyl/N-ethyl adjacent to an activating group) is 1. The summed E-state index contributed by atoms with van der Waals surface area (Å²) < 4.78 is 5.76. The lowest BCUT2D eigenvalue weighted by Crippen LogP contribution is -2.37. The summed E-state index contributed by atoms with van der Waals surface area (Å²) >= 11 is 9.61. The van der Waals surface area contributed by atoms with E-state index in [9.17, 15) is 4.79 Å². The van der Waals surface area contributed by atoms with Gasteiger partial charge in [-0.2, -0.15) is 0 Å². The quantitative estimate of drug-likeness (QED) is 0.706. The third-order valence-electron chi connectivity index (χ3n) is 3.38. The summed E-state index contributed by atoms with van der Waals surface area (Å²) in [7, 11) is 1.38. The Morgan fingerprint density at radius 2 is 2.10 bits per heavy atom. The van der Waals surface area contributed by atoms with Crippen molar-refractivity contribution >= 4 is 33.5 Å². The van der Waals surface area contributed by atoms with Gasteiger partial charge in [0.05, 0.1) is 7.11 Å². The van der Waals surface area contributed by atoms with Crippen LogP contribution in [-0.4, -0.2) is 44.2 Å². The molecule has 0 radical (unpaired) electrons. The van der Waals surface area contributed by atoms with Gasteiger partial charge in [-0.05, 0) is 36.9 Å². The van der Waals surface area contributed by atoms with Crippen LogP contribution in [0.4, 0.5) is 0 Å². The summed E-state index contributed by atoms with van der Waals surface area (Å²) in [6, 6.07) is 4.89. The molecule has 0 bridgehead atoms. The molecular weight excluding hydrogens is 356 g/mol. The fourth-order valence-electron chi connectivity index (χ4n) is 2.08. The minimum Gasteiger partial charge on any atom is -0.468 e. The summed E-state index contributed by atoms with van der Waals surface area (Å²) in [5, 5.41) is 3.78. The number of benzene rings is 1. The molecule has 0 aliphatic heterocycles. The minimum absolute atomic E-state index is 0.338. The van der Waals surface area contributed by atoms with E-state index in [0.717, 1.165) is 29.7 Å². The minimum atomic E-state index is -0.560. The fraction of sp³-hybridized carbons (Fsp3) is 0.533. The van der Waals surface area contributed by atoms with Crippen LogP contribution in [0, 0.1) is 0 Å². The average Bonchev–Trinajstić information content (AvgIpc) is 2.49. The number of halogens is 2. The maximum Gasteiger partial charge on any atom is 0.327 e. The molecule has 21 heavy (non-hydrogen) atoms. The summed E-state index contributed by atoms with van der Waals surface area (Å²) in [4.78, 5) is 14.3. The third kappa shape index (κ3) is 5.58. The van der Waals surface area contributed by atoms with Gasteiger partial charge in [-0.25, -0.2) is 4.79 Å². The lowest BCUT2D eigenvalue weighted by Gasteiger charge is -2.22. The highest BCUT2D eigenvalue weighted by molar-refractivity contribution is 9.10. The van der Waals surface area contributed by atoms with E-state index in [0.29, 0.717) is 11.6 Å². The first-order valence-electron chi connectivity index (χ1n) is 7.01. The summed E-state index contributed by atoms with van der Waals surface area (Å²) in [5.74, 6) is -0.338. The van der Waals surface area contributed by atoms with Crippen LogP contribution in [0.3, 0.4) is 0 Å². The first kappa shape index (κ1) is 18.4. The zero-order valence-corrected chi connectivity index (χ0v) is 15.0. The molecule has 0 heterocycles. The van der Waals surface area contributed by atoms with Crippen LogP contribution in [0.5, 0.6) is 0 Å². The Morgan fingerprint density at radius 1 is 1.43 bits per heavy atom. The topological polar surface area (TPSA) is 41.6 Å². The van der Waals surface area contributed by atoms with Crippen LogP contribution >= 0.6 is 27.5 Å². The van der Waals surface area contributed by atoms with E-state index >= 15 is 0 Å². The van der Waals surface area contributed by atoms with Crippen molar-refractivity contribution in [3.05, 3.63) is 33.3 Å². The maximum absolute atomic E-state index is 12.0. The average molecular weight is 378 g/mol. The Kier molecular flexibility index (Phi) is 8.26. The molecule has 0 saturated heterocycles. The number of rotatable bonds is 8. The van der Waals surface area contributed by atoms with Gasteiger partial charge in [-0.15, -0.1) is 0 Å². The summed E-state index contributed by atoms with van der Waals surface area (Å²) in [6.45, 7) is 7.76. The van der Waals surface area contributed by atoms with Gasteiger partial charge in [0.15, 0.2) is 0 Å². The molecule has 1 rings (SSSR count). The first-order chi connectivity index (χ1) is 10.0. The van der Waals surface area contributed by atoms with E-state index in [1.807, 2.05) is 12.1 Å². The number of carbonyl (C=O) groups excluding carboxylic acids is 1. The zero-order valence-electron chi connectivity index (χ0n) is 12.7. The van der Waals surface area contributed by atoms with Gasteiger partial charge in [0.1, 0.15) is 6.04 Å². The molecule has 0 amide bonds. The number of methoxy groups -OCH3 is 1. The van der Waals surface area contributed by atoms with E-state index in [-0.39, 0.29) is 5.97 Å². The Balaban J connectivity index is 2.81. The van der Waals surface area contributed by atoms with Gasteiger partial charge in [0.2, 0.25) is 0 Å². The fourth-order valence-corrected chi connectivity index (χ4v) is 2.69. The second kappa shape index (κ2) is 9.41. The molecule has 1 aromatic carbocycles. The van der Waals surface area contributed by atoms with Crippen molar-refractivity contribution in [3.8, 4) is 0 Å². The molecule has 0 aromatic heterocycles. The summed E-state index contributed by atoms with van der Waals surface area (Å²) in [5.41, 5.74) is 0.720. The Morgan fingerprint density at radius 3 is 2.67 bits per heavy atom. The number of hydrogen-bond acceptors (Lipinski definition) is 4. The molecular formula is C15H22BrClN2O2. The largest absolute Gasteiger partial charge is 0.468 e. The zero-order chi connectivity index (χ0) is 15.8. The van der Waals surface area contributed by atoms with Gasteiger partial charge in [-0.1, -0.05) is 41.4 Å². The van der Waals surface area contributed by atoms with Crippen LogP contribution in [0.2, 0.25) is 5.02 Å². The van der Waals surface area contributed by atoms with Crippen LogP contribution in [0.15, 0.2) is 22.7 Å². The van der Waals surface area contributed by atoms with Crippen molar-refractivity contribution in [2.45, 2.75) is 19.9 Å². The number of nitrogens with zero attached hydrogens (tertiary/aromatic N) is 1. The highest BCUT2D eigenvalue weighted by Gasteiger charge is 2.23. The number of hydrogen-bond donors (Lipinski definition) is 1. The lowest BCUT2D eigenvalue weighted by molar-refractivity contribution is -0.143. The van der Waals surface area contributed by atoms with Crippen molar-refractivity contribution in [1.82, 2.24) is 10.2 Å². The number of nitrogens with one attached hydrogen (secondary N) is 1. The highest BCUT2D eigenvalue weighted by atomic mass is 79.9. The predicted octanol–water partition coefficient (Wildman–Crippen LogP) is 3.25. The Hall–Kier alpha value is -0.620.